The van der Waals surface area contributed by atoms with Gasteiger partial charge in [-0.15, -0.1) is 5.54 Å². The van der Waals surface area contributed by atoms with Crippen molar-refractivity contribution in [2.75, 3.05) is 19.8 Å². The molecule has 3 rings (SSSR count). The van der Waals surface area contributed by atoms with Gasteiger partial charge in [0.2, 0.25) is 0 Å². The van der Waals surface area contributed by atoms with Crippen molar-refractivity contribution in [3.05, 3.63) is 69.1 Å². The number of hydrogen-bond acceptors (Lipinski definition) is 5. The minimum absolute atomic E-state index is 0.271. The zero-order valence-electron chi connectivity index (χ0n) is 19.3. The number of nitrogen functional groups attached to an aromatic ring is 1. The molecule has 0 saturated heterocycles. The fourth-order valence-electron chi connectivity index (χ4n) is 3.15. The highest BCUT2D eigenvalue weighted by atomic mass is 28.3. The second kappa shape index (κ2) is 8.93. The van der Waals surface area contributed by atoms with Gasteiger partial charge in [0.25, 0.3) is 0 Å². The van der Waals surface area contributed by atoms with Crippen molar-refractivity contribution >= 4 is 30.8 Å². The van der Waals surface area contributed by atoms with Crippen LogP contribution in [0, 0.1) is 18.4 Å². The lowest BCUT2D eigenvalue weighted by molar-refractivity contribution is 0.172. The van der Waals surface area contributed by atoms with Crippen molar-refractivity contribution < 1.29 is 13.9 Å². The summed E-state index contributed by atoms with van der Waals surface area (Å²) in [5.41, 5.74) is 12.6. The highest BCUT2D eigenvalue weighted by molar-refractivity contribution is 6.83. The van der Waals surface area contributed by atoms with Crippen LogP contribution in [0.1, 0.15) is 22.3 Å². The number of rotatable bonds is 3. The number of carbonyl (C=O) groups excluding carboxylic acids is 1. The highest BCUT2D eigenvalue weighted by Gasteiger charge is 2.18. The number of hydrogen-bond donors (Lipinski definition) is 1. The standard InChI is InChI=1S/C25H28N2O4Si/c1-16-20-14-18(10-11-32(4,5)6)22(31-25(29)27(2)3)15-23(20)30-24(28)21(16)13-17-8-7-9-19(26)12-17/h7-9,12,14-15H,13,26H2,1-6H3. The first-order chi connectivity index (χ1) is 14.9. The SMILES string of the molecule is Cc1c(Cc2cccc(N)c2)c(=O)oc2cc(OC(=O)N(C)C)c(C#C[Si](C)(C)C)cc12. The van der Waals surface area contributed by atoms with E-state index < -0.39 is 19.8 Å². The Hall–Kier alpha value is -3.50. The van der Waals surface area contributed by atoms with Crippen LogP contribution in [0.2, 0.25) is 19.6 Å². The summed E-state index contributed by atoms with van der Waals surface area (Å²) >= 11 is 0. The van der Waals surface area contributed by atoms with E-state index in [0.717, 1.165) is 16.5 Å². The summed E-state index contributed by atoms with van der Waals surface area (Å²) in [6, 6.07) is 10.8. The van der Waals surface area contributed by atoms with E-state index in [0.29, 0.717) is 28.8 Å². The van der Waals surface area contributed by atoms with Crippen molar-refractivity contribution in [3.63, 3.8) is 0 Å². The maximum atomic E-state index is 12.8. The molecule has 1 aromatic heterocycles. The van der Waals surface area contributed by atoms with Crippen LogP contribution in [-0.2, 0) is 6.42 Å². The minimum Gasteiger partial charge on any atom is -0.422 e. The van der Waals surface area contributed by atoms with Crippen LogP contribution in [0.3, 0.4) is 0 Å². The molecule has 6 nitrogen and oxygen atoms in total. The number of nitrogens with zero attached hydrogens (tertiary/aromatic N) is 1. The molecule has 166 valence electrons. The van der Waals surface area contributed by atoms with Crippen LogP contribution in [-0.4, -0.2) is 33.2 Å². The van der Waals surface area contributed by atoms with Crippen molar-refractivity contribution in [2.45, 2.75) is 33.0 Å². The van der Waals surface area contributed by atoms with Gasteiger partial charge in [-0.2, -0.15) is 0 Å². The quantitative estimate of drug-likeness (QED) is 0.275. The first-order valence-electron chi connectivity index (χ1n) is 10.3. The third-order valence-corrected chi connectivity index (χ3v) is 5.73. The van der Waals surface area contributed by atoms with E-state index >= 15 is 0 Å². The summed E-state index contributed by atoms with van der Waals surface area (Å²) in [4.78, 5) is 26.3. The molecule has 1 amide bonds. The first kappa shape index (κ1) is 23.2. The molecule has 0 aliphatic rings. The monoisotopic (exact) mass is 448 g/mol. The molecule has 0 aliphatic heterocycles. The topological polar surface area (TPSA) is 85.8 Å². The van der Waals surface area contributed by atoms with Crippen molar-refractivity contribution in [1.29, 1.82) is 0 Å². The Balaban J connectivity index is 2.18. The third-order valence-electron chi connectivity index (χ3n) is 4.85. The molecule has 0 aliphatic carbocycles. The molecule has 2 N–H and O–H groups in total. The van der Waals surface area contributed by atoms with Gasteiger partial charge in [0, 0.05) is 43.2 Å². The zero-order chi connectivity index (χ0) is 23.6. The van der Waals surface area contributed by atoms with E-state index in [1.54, 1.807) is 26.2 Å². The predicted molar refractivity (Wildman–Crippen MR) is 131 cm³/mol. The number of fused-ring (bicyclic) bond motifs is 1. The number of anilines is 1. The molecule has 7 heteroatoms. The Labute approximate surface area is 189 Å². The van der Waals surface area contributed by atoms with E-state index in [1.807, 2.05) is 31.2 Å². The van der Waals surface area contributed by atoms with Crippen LogP contribution in [0.25, 0.3) is 11.0 Å². The number of aryl methyl sites for hydroxylation is 1. The number of amides is 1. The van der Waals surface area contributed by atoms with Gasteiger partial charge in [-0.25, -0.2) is 9.59 Å². The van der Waals surface area contributed by atoms with Gasteiger partial charge in [-0.1, -0.05) is 37.7 Å². The third kappa shape index (κ3) is 5.40. The summed E-state index contributed by atoms with van der Waals surface area (Å²) in [7, 11) is 1.52. The van der Waals surface area contributed by atoms with Crippen LogP contribution < -0.4 is 16.1 Å². The molecule has 0 bridgehead atoms. The molecule has 0 fully saturated rings. The molecule has 0 spiro atoms. The maximum absolute atomic E-state index is 12.8. The molecule has 0 saturated carbocycles. The molecule has 3 aromatic rings. The van der Waals surface area contributed by atoms with Crippen LogP contribution in [0.15, 0.2) is 45.6 Å². The summed E-state index contributed by atoms with van der Waals surface area (Å²) in [6.07, 6.45) is -0.125. The summed E-state index contributed by atoms with van der Waals surface area (Å²) in [6.45, 7) is 8.31. The molecular formula is C25H28N2O4Si. The van der Waals surface area contributed by atoms with E-state index in [2.05, 4.69) is 31.1 Å². The number of ether oxygens (including phenoxy) is 1. The van der Waals surface area contributed by atoms with Gasteiger partial charge in [0.15, 0.2) is 5.75 Å². The Morgan fingerprint density at radius 1 is 1.19 bits per heavy atom. The van der Waals surface area contributed by atoms with Crippen molar-refractivity contribution in [1.82, 2.24) is 4.90 Å². The first-order valence-corrected chi connectivity index (χ1v) is 13.8. The lowest BCUT2D eigenvalue weighted by Gasteiger charge is -2.14. The second-order valence-corrected chi connectivity index (χ2v) is 13.8. The molecular weight excluding hydrogens is 420 g/mol. The smallest absolute Gasteiger partial charge is 0.414 e. The lowest BCUT2D eigenvalue weighted by atomic mass is 9.98. The number of benzene rings is 2. The van der Waals surface area contributed by atoms with Gasteiger partial charge in [0.05, 0.1) is 5.56 Å². The van der Waals surface area contributed by atoms with Gasteiger partial charge >= 0.3 is 11.7 Å². The molecule has 2 aromatic carbocycles. The predicted octanol–water partition coefficient (Wildman–Crippen LogP) is 4.56. The minimum atomic E-state index is -1.68. The average Bonchev–Trinajstić information content (AvgIpc) is 2.69. The lowest BCUT2D eigenvalue weighted by Crippen LogP contribution is -2.25. The van der Waals surface area contributed by atoms with E-state index in [9.17, 15) is 9.59 Å². The van der Waals surface area contributed by atoms with E-state index in [4.69, 9.17) is 14.9 Å². The van der Waals surface area contributed by atoms with Crippen LogP contribution in [0.5, 0.6) is 5.75 Å². The Morgan fingerprint density at radius 2 is 1.91 bits per heavy atom. The largest absolute Gasteiger partial charge is 0.422 e. The number of carbonyl (C=O) groups is 1. The van der Waals surface area contributed by atoms with E-state index in [-0.39, 0.29) is 5.75 Å². The molecule has 0 atom stereocenters. The Kier molecular flexibility index (Phi) is 6.46. The van der Waals surface area contributed by atoms with Gasteiger partial charge in [-0.05, 0) is 36.2 Å². The van der Waals surface area contributed by atoms with Gasteiger partial charge < -0.3 is 19.8 Å². The van der Waals surface area contributed by atoms with Crippen LogP contribution >= 0.6 is 0 Å². The molecule has 0 unspecified atom stereocenters. The molecule has 1 heterocycles. The second-order valence-electron chi connectivity index (χ2n) is 9.02. The summed E-state index contributed by atoms with van der Waals surface area (Å²) in [5, 5.41) is 0.757. The maximum Gasteiger partial charge on any atom is 0.414 e. The Bertz CT molecular complexity index is 1310. The summed E-state index contributed by atoms with van der Waals surface area (Å²) in [5.74, 6) is 3.46. The number of nitrogens with two attached hydrogens (primary N) is 1. The zero-order valence-corrected chi connectivity index (χ0v) is 20.3. The van der Waals surface area contributed by atoms with E-state index in [1.165, 1.54) is 4.90 Å². The normalized spacial score (nSPS) is 11.1. The summed E-state index contributed by atoms with van der Waals surface area (Å²) < 4.78 is 11.2. The molecule has 32 heavy (non-hydrogen) atoms. The fraction of sp³-hybridized carbons (Fsp3) is 0.280. The van der Waals surface area contributed by atoms with Crippen molar-refractivity contribution in [3.8, 4) is 17.2 Å². The Morgan fingerprint density at radius 3 is 2.53 bits per heavy atom. The van der Waals surface area contributed by atoms with Crippen LogP contribution in [0.4, 0.5) is 10.5 Å². The van der Waals surface area contributed by atoms with Crippen molar-refractivity contribution in [2.24, 2.45) is 0 Å². The average molecular weight is 449 g/mol. The van der Waals surface area contributed by atoms with Gasteiger partial charge in [-0.3, -0.25) is 0 Å². The fourth-order valence-corrected chi connectivity index (χ4v) is 3.66. The highest BCUT2D eigenvalue weighted by Crippen LogP contribution is 2.29. The van der Waals surface area contributed by atoms with Gasteiger partial charge in [0.1, 0.15) is 13.7 Å². The molecule has 0 radical (unpaired) electrons.